The van der Waals surface area contributed by atoms with Crippen molar-refractivity contribution < 1.29 is 19.1 Å². The summed E-state index contributed by atoms with van der Waals surface area (Å²) < 4.78 is 10.5. The van der Waals surface area contributed by atoms with E-state index in [1.165, 1.54) is 12.7 Å². The molecule has 1 heterocycles. The molecular formula is C21H18O4. The fourth-order valence-corrected chi connectivity index (χ4v) is 4.81. The maximum Gasteiger partial charge on any atom is 0.337 e. The maximum atomic E-state index is 11.9. The molecule has 3 aromatic rings. The highest BCUT2D eigenvalue weighted by Crippen LogP contribution is 2.62. The minimum Gasteiger partial charge on any atom is -0.465 e. The number of para-hydroxylation sites is 1. The number of esters is 1. The molecule has 2 aliphatic carbocycles. The van der Waals surface area contributed by atoms with Crippen LogP contribution in [0.5, 0.6) is 0 Å². The molecule has 0 amide bonds. The summed E-state index contributed by atoms with van der Waals surface area (Å²) in [6.07, 6.45) is 3.27. The molecule has 5 rings (SSSR count). The van der Waals surface area contributed by atoms with Gasteiger partial charge in [0.2, 0.25) is 0 Å². The number of methoxy groups -OCH3 is 1. The molecular weight excluding hydrogens is 316 g/mol. The third kappa shape index (κ3) is 1.89. The highest BCUT2D eigenvalue weighted by molar-refractivity contribution is 5.90. The number of benzene rings is 2. The van der Waals surface area contributed by atoms with E-state index in [1.807, 2.05) is 42.5 Å². The van der Waals surface area contributed by atoms with E-state index in [1.54, 1.807) is 6.26 Å². The van der Waals surface area contributed by atoms with Crippen LogP contribution >= 0.6 is 0 Å². The maximum absolute atomic E-state index is 11.9. The normalized spacial score (nSPS) is 26.8. The molecule has 2 bridgehead atoms. The van der Waals surface area contributed by atoms with E-state index in [0.717, 1.165) is 28.5 Å². The van der Waals surface area contributed by atoms with Gasteiger partial charge in [0, 0.05) is 16.9 Å². The standard InChI is InChI=1S/C21H18O4/c1-24-20(22)12-6-7-14-13-9-17(16(14)8-12)21(23,10-13)18-11-25-19-5-3-2-4-15(18)19/h2-8,11,13,17,23H,9-10H2,1H3/t13-,17-,21-/m1/s1. The van der Waals surface area contributed by atoms with Gasteiger partial charge >= 0.3 is 5.97 Å². The van der Waals surface area contributed by atoms with Crippen LogP contribution in [0, 0.1) is 0 Å². The number of hydrogen-bond donors (Lipinski definition) is 1. The average molecular weight is 334 g/mol. The molecule has 126 valence electrons. The average Bonchev–Trinajstić information content (AvgIpc) is 3.32. The van der Waals surface area contributed by atoms with Gasteiger partial charge in [-0.1, -0.05) is 24.3 Å². The Morgan fingerprint density at radius 1 is 1.24 bits per heavy atom. The largest absolute Gasteiger partial charge is 0.465 e. The second-order valence-electron chi connectivity index (χ2n) is 7.09. The number of furan rings is 1. The van der Waals surface area contributed by atoms with E-state index in [-0.39, 0.29) is 11.9 Å². The molecule has 0 unspecified atom stereocenters. The Kier molecular flexibility index (Phi) is 2.92. The van der Waals surface area contributed by atoms with Crippen molar-refractivity contribution in [1.29, 1.82) is 0 Å². The summed E-state index contributed by atoms with van der Waals surface area (Å²) in [5, 5.41) is 12.6. The van der Waals surface area contributed by atoms with E-state index in [4.69, 9.17) is 9.15 Å². The molecule has 1 fully saturated rings. The summed E-state index contributed by atoms with van der Waals surface area (Å²) in [6.45, 7) is 0. The third-order valence-corrected chi connectivity index (χ3v) is 5.92. The quantitative estimate of drug-likeness (QED) is 0.717. The smallest absolute Gasteiger partial charge is 0.337 e. The second-order valence-corrected chi connectivity index (χ2v) is 7.09. The Hall–Kier alpha value is -2.59. The lowest BCUT2D eigenvalue weighted by Gasteiger charge is -2.33. The molecule has 0 saturated heterocycles. The predicted molar refractivity (Wildman–Crippen MR) is 92.6 cm³/mol. The highest BCUT2D eigenvalue weighted by atomic mass is 16.5. The van der Waals surface area contributed by atoms with E-state index in [2.05, 4.69) is 0 Å². The minimum atomic E-state index is -0.959. The van der Waals surface area contributed by atoms with Crippen molar-refractivity contribution in [2.24, 2.45) is 0 Å². The fourth-order valence-electron chi connectivity index (χ4n) is 4.81. The Labute approximate surface area is 145 Å². The first-order valence-corrected chi connectivity index (χ1v) is 8.53. The molecule has 25 heavy (non-hydrogen) atoms. The van der Waals surface area contributed by atoms with Crippen LogP contribution < -0.4 is 0 Å². The molecule has 1 N–H and O–H groups in total. The van der Waals surface area contributed by atoms with Crippen LogP contribution in [0.15, 0.2) is 53.1 Å². The minimum absolute atomic E-state index is 0.0295. The first kappa shape index (κ1) is 14.7. The van der Waals surface area contributed by atoms with E-state index in [9.17, 15) is 9.90 Å². The molecule has 2 aliphatic rings. The summed E-state index contributed by atoms with van der Waals surface area (Å²) >= 11 is 0. The number of rotatable bonds is 2. The van der Waals surface area contributed by atoms with Crippen molar-refractivity contribution in [2.45, 2.75) is 30.3 Å². The van der Waals surface area contributed by atoms with Gasteiger partial charge in [0.05, 0.1) is 18.9 Å². The lowest BCUT2D eigenvalue weighted by Crippen LogP contribution is -2.31. The Morgan fingerprint density at radius 2 is 2.08 bits per heavy atom. The van der Waals surface area contributed by atoms with Crippen LogP contribution in [0.4, 0.5) is 0 Å². The van der Waals surface area contributed by atoms with Crippen molar-refractivity contribution in [1.82, 2.24) is 0 Å². The molecule has 0 spiro atoms. The van der Waals surface area contributed by atoms with Crippen LogP contribution in [0.3, 0.4) is 0 Å². The Balaban J connectivity index is 1.64. The van der Waals surface area contributed by atoms with Crippen LogP contribution in [-0.4, -0.2) is 18.2 Å². The molecule has 1 aromatic heterocycles. The van der Waals surface area contributed by atoms with Crippen molar-refractivity contribution in [2.75, 3.05) is 7.11 Å². The van der Waals surface area contributed by atoms with Crippen molar-refractivity contribution >= 4 is 16.9 Å². The number of carbonyl (C=O) groups is 1. The number of ether oxygens (including phenoxy) is 1. The Morgan fingerprint density at radius 3 is 2.92 bits per heavy atom. The monoisotopic (exact) mass is 334 g/mol. The fraction of sp³-hybridized carbons (Fsp3) is 0.286. The lowest BCUT2D eigenvalue weighted by molar-refractivity contribution is 0.0215. The van der Waals surface area contributed by atoms with E-state index < -0.39 is 5.60 Å². The SMILES string of the molecule is COC(=O)c1ccc2c(c1)[C@H]1C[C@@H]2C[C@]1(O)c1coc2ccccc12. The van der Waals surface area contributed by atoms with Gasteiger partial charge in [-0.2, -0.15) is 0 Å². The highest BCUT2D eigenvalue weighted by Gasteiger charge is 2.55. The summed E-state index contributed by atoms with van der Waals surface area (Å²) in [4.78, 5) is 11.9. The van der Waals surface area contributed by atoms with Gasteiger partial charge in [0.1, 0.15) is 11.2 Å². The summed E-state index contributed by atoms with van der Waals surface area (Å²) in [6, 6.07) is 13.5. The number of hydrogen-bond acceptors (Lipinski definition) is 4. The number of carbonyl (C=O) groups excluding carboxylic acids is 1. The molecule has 0 radical (unpaired) electrons. The zero-order chi connectivity index (χ0) is 17.2. The van der Waals surface area contributed by atoms with Crippen LogP contribution in [0.2, 0.25) is 0 Å². The molecule has 4 nitrogen and oxygen atoms in total. The van der Waals surface area contributed by atoms with Crippen molar-refractivity contribution in [3.8, 4) is 0 Å². The third-order valence-electron chi connectivity index (χ3n) is 5.92. The topological polar surface area (TPSA) is 59.7 Å². The van der Waals surface area contributed by atoms with Gasteiger partial charge < -0.3 is 14.3 Å². The van der Waals surface area contributed by atoms with Gasteiger partial charge in [-0.15, -0.1) is 0 Å². The first-order chi connectivity index (χ1) is 12.1. The van der Waals surface area contributed by atoms with Gasteiger partial charge in [0.25, 0.3) is 0 Å². The summed E-state index contributed by atoms with van der Waals surface area (Å²) in [5.41, 5.74) is 3.52. The molecule has 1 saturated carbocycles. The van der Waals surface area contributed by atoms with Crippen LogP contribution in [0.1, 0.15) is 51.7 Å². The molecule has 3 atom stereocenters. The number of aliphatic hydroxyl groups is 1. The van der Waals surface area contributed by atoms with Gasteiger partial charge in [0.15, 0.2) is 0 Å². The predicted octanol–water partition coefficient (Wildman–Crippen LogP) is 4.08. The zero-order valence-electron chi connectivity index (χ0n) is 13.9. The first-order valence-electron chi connectivity index (χ1n) is 8.53. The number of fused-ring (bicyclic) bond motifs is 6. The summed E-state index contributed by atoms with van der Waals surface area (Å²) in [5.74, 6) is -0.0636. The van der Waals surface area contributed by atoms with E-state index in [0.29, 0.717) is 17.9 Å². The zero-order valence-corrected chi connectivity index (χ0v) is 13.9. The van der Waals surface area contributed by atoms with Gasteiger partial charge in [-0.05, 0) is 48.1 Å². The summed E-state index contributed by atoms with van der Waals surface area (Å²) in [7, 11) is 1.38. The van der Waals surface area contributed by atoms with Gasteiger partial charge in [-0.25, -0.2) is 4.79 Å². The molecule has 2 aromatic carbocycles. The molecule has 4 heteroatoms. The van der Waals surface area contributed by atoms with Crippen molar-refractivity contribution in [3.63, 3.8) is 0 Å². The second kappa shape index (κ2) is 4.96. The molecule has 0 aliphatic heterocycles. The Bertz CT molecular complexity index is 1000. The van der Waals surface area contributed by atoms with E-state index >= 15 is 0 Å². The lowest BCUT2D eigenvalue weighted by atomic mass is 9.75. The van der Waals surface area contributed by atoms with Gasteiger partial charge in [-0.3, -0.25) is 0 Å². The van der Waals surface area contributed by atoms with Crippen LogP contribution in [-0.2, 0) is 10.3 Å². The van der Waals surface area contributed by atoms with Crippen LogP contribution in [0.25, 0.3) is 11.0 Å². The van der Waals surface area contributed by atoms with Crippen molar-refractivity contribution in [3.05, 3.63) is 71.0 Å².